The maximum Gasteiger partial charge on any atom is 0.247 e. The molecule has 0 atom stereocenters. The molecule has 2 heterocycles. The van der Waals surface area contributed by atoms with Gasteiger partial charge in [-0.05, 0) is 42.5 Å². The van der Waals surface area contributed by atoms with Gasteiger partial charge in [-0.2, -0.15) is 0 Å². The summed E-state index contributed by atoms with van der Waals surface area (Å²) in [5.41, 5.74) is 1.90. The van der Waals surface area contributed by atoms with Gasteiger partial charge in [-0.15, -0.1) is 10.2 Å². The summed E-state index contributed by atoms with van der Waals surface area (Å²) in [7, 11) is 0. The predicted octanol–water partition coefficient (Wildman–Crippen LogP) is 4.26. The SMILES string of the molecule is O=C(Cc1nnc(-c2ccc3ncccc3c2)o1)Nc1ccc(F)cc1Cl. The summed E-state index contributed by atoms with van der Waals surface area (Å²) in [5, 5.41) is 11.5. The van der Waals surface area contributed by atoms with Gasteiger partial charge in [-0.1, -0.05) is 17.7 Å². The van der Waals surface area contributed by atoms with Gasteiger partial charge in [0, 0.05) is 17.1 Å². The van der Waals surface area contributed by atoms with Crippen LogP contribution in [0, 0.1) is 5.82 Å². The second-order valence-electron chi connectivity index (χ2n) is 5.76. The lowest BCUT2D eigenvalue weighted by Gasteiger charge is -2.05. The fourth-order valence-corrected chi connectivity index (χ4v) is 2.79. The molecular weight excluding hydrogens is 371 g/mol. The van der Waals surface area contributed by atoms with Gasteiger partial charge in [-0.3, -0.25) is 9.78 Å². The molecule has 8 heteroatoms. The van der Waals surface area contributed by atoms with E-state index in [9.17, 15) is 9.18 Å². The maximum absolute atomic E-state index is 13.1. The highest BCUT2D eigenvalue weighted by molar-refractivity contribution is 6.33. The number of anilines is 1. The first kappa shape index (κ1) is 17.1. The van der Waals surface area contributed by atoms with Crippen molar-refractivity contribution in [1.29, 1.82) is 0 Å². The van der Waals surface area contributed by atoms with E-state index in [-0.39, 0.29) is 17.3 Å². The molecule has 0 aliphatic rings. The third-order valence-corrected chi connectivity index (χ3v) is 4.15. The van der Waals surface area contributed by atoms with Crippen LogP contribution in [0.1, 0.15) is 5.89 Å². The monoisotopic (exact) mass is 382 g/mol. The first-order valence-corrected chi connectivity index (χ1v) is 8.39. The number of halogens is 2. The van der Waals surface area contributed by atoms with Gasteiger partial charge >= 0.3 is 0 Å². The number of hydrogen-bond donors (Lipinski definition) is 1. The minimum absolute atomic E-state index is 0.111. The maximum atomic E-state index is 13.1. The van der Waals surface area contributed by atoms with Crippen LogP contribution < -0.4 is 5.32 Å². The van der Waals surface area contributed by atoms with Gasteiger partial charge < -0.3 is 9.73 Å². The van der Waals surface area contributed by atoms with Crippen LogP contribution in [-0.2, 0) is 11.2 Å². The van der Waals surface area contributed by atoms with Crippen LogP contribution in [-0.4, -0.2) is 21.1 Å². The number of amides is 1. The molecule has 2 aromatic heterocycles. The third kappa shape index (κ3) is 3.78. The number of nitrogens with one attached hydrogen (secondary N) is 1. The average molecular weight is 383 g/mol. The Bertz CT molecular complexity index is 1150. The first-order valence-electron chi connectivity index (χ1n) is 8.01. The van der Waals surface area contributed by atoms with E-state index in [2.05, 4.69) is 20.5 Å². The standard InChI is InChI=1S/C19H12ClFN4O2/c20-14-9-13(21)4-6-16(14)23-17(26)10-18-24-25-19(27-18)12-3-5-15-11(8-12)2-1-7-22-15/h1-9H,10H2,(H,23,26). The molecule has 0 aliphatic heterocycles. The Morgan fingerprint density at radius 3 is 2.89 bits per heavy atom. The zero-order chi connectivity index (χ0) is 18.8. The highest BCUT2D eigenvalue weighted by atomic mass is 35.5. The van der Waals surface area contributed by atoms with Crippen molar-refractivity contribution in [3.05, 3.63) is 71.5 Å². The number of carbonyl (C=O) groups is 1. The Morgan fingerprint density at radius 2 is 2.04 bits per heavy atom. The number of carbonyl (C=O) groups excluding carboxylic acids is 1. The van der Waals surface area contributed by atoms with Crippen molar-refractivity contribution in [3.63, 3.8) is 0 Å². The van der Waals surface area contributed by atoms with Crippen LogP contribution in [0.4, 0.5) is 10.1 Å². The van der Waals surface area contributed by atoms with Crippen molar-refractivity contribution in [2.45, 2.75) is 6.42 Å². The average Bonchev–Trinajstić information content (AvgIpc) is 3.12. The zero-order valence-electron chi connectivity index (χ0n) is 13.8. The number of rotatable bonds is 4. The van der Waals surface area contributed by atoms with Crippen LogP contribution in [0.3, 0.4) is 0 Å². The minimum Gasteiger partial charge on any atom is -0.420 e. The minimum atomic E-state index is -0.481. The van der Waals surface area contributed by atoms with Gasteiger partial charge in [0.05, 0.1) is 16.2 Å². The van der Waals surface area contributed by atoms with E-state index in [4.69, 9.17) is 16.0 Å². The van der Waals surface area contributed by atoms with Gasteiger partial charge in [0.1, 0.15) is 12.2 Å². The number of nitrogens with zero attached hydrogens (tertiary/aromatic N) is 3. The lowest BCUT2D eigenvalue weighted by molar-refractivity contribution is -0.115. The summed E-state index contributed by atoms with van der Waals surface area (Å²) in [6, 6.07) is 13.1. The summed E-state index contributed by atoms with van der Waals surface area (Å²) in [4.78, 5) is 16.4. The lowest BCUT2D eigenvalue weighted by atomic mass is 10.1. The van der Waals surface area contributed by atoms with E-state index in [1.807, 2.05) is 30.3 Å². The topological polar surface area (TPSA) is 80.9 Å². The number of benzene rings is 2. The fourth-order valence-electron chi connectivity index (χ4n) is 2.57. The molecule has 2 aromatic carbocycles. The molecule has 4 rings (SSSR count). The van der Waals surface area contributed by atoms with Gasteiger partial charge in [-0.25, -0.2) is 4.39 Å². The van der Waals surface area contributed by atoms with Crippen LogP contribution in [0.5, 0.6) is 0 Å². The quantitative estimate of drug-likeness (QED) is 0.570. The Hall–Kier alpha value is -3.32. The van der Waals surface area contributed by atoms with Crippen LogP contribution in [0.25, 0.3) is 22.4 Å². The molecular formula is C19H12ClFN4O2. The van der Waals surface area contributed by atoms with E-state index in [0.29, 0.717) is 11.6 Å². The van der Waals surface area contributed by atoms with Crippen LogP contribution in [0.2, 0.25) is 5.02 Å². The van der Waals surface area contributed by atoms with Crippen LogP contribution in [0.15, 0.2) is 59.1 Å². The third-order valence-electron chi connectivity index (χ3n) is 3.83. The molecule has 0 unspecified atom stereocenters. The van der Waals surface area contributed by atoms with Crippen LogP contribution >= 0.6 is 11.6 Å². The molecule has 1 amide bonds. The molecule has 0 saturated heterocycles. The Labute approximate surface area is 158 Å². The van der Waals surface area contributed by atoms with Crippen molar-refractivity contribution in [1.82, 2.24) is 15.2 Å². The Morgan fingerprint density at radius 1 is 1.15 bits per heavy atom. The summed E-state index contributed by atoms with van der Waals surface area (Å²) in [6.45, 7) is 0. The first-order chi connectivity index (χ1) is 13.1. The van der Waals surface area contributed by atoms with Crippen molar-refractivity contribution in [2.24, 2.45) is 0 Å². The molecule has 1 N–H and O–H groups in total. The van der Waals surface area contributed by atoms with Crippen molar-refractivity contribution in [2.75, 3.05) is 5.32 Å². The molecule has 6 nitrogen and oxygen atoms in total. The van der Waals surface area contributed by atoms with E-state index >= 15 is 0 Å². The van der Waals surface area contributed by atoms with E-state index in [1.54, 1.807) is 6.20 Å². The summed E-state index contributed by atoms with van der Waals surface area (Å²) in [5.74, 6) is -0.415. The van der Waals surface area contributed by atoms with Crippen molar-refractivity contribution < 1.29 is 13.6 Å². The summed E-state index contributed by atoms with van der Waals surface area (Å²) in [6.07, 6.45) is 1.59. The highest BCUT2D eigenvalue weighted by Crippen LogP contribution is 2.24. The molecule has 134 valence electrons. The molecule has 0 aliphatic carbocycles. The van der Waals surface area contributed by atoms with E-state index in [1.165, 1.54) is 12.1 Å². The second-order valence-corrected chi connectivity index (χ2v) is 6.17. The molecule has 27 heavy (non-hydrogen) atoms. The second kappa shape index (κ2) is 7.13. The van der Waals surface area contributed by atoms with Gasteiger partial charge in [0.25, 0.3) is 0 Å². The number of hydrogen-bond acceptors (Lipinski definition) is 5. The number of aromatic nitrogens is 3. The largest absolute Gasteiger partial charge is 0.420 e. The highest BCUT2D eigenvalue weighted by Gasteiger charge is 2.14. The fraction of sp³-hybridized carbons (Fsp3) is 0.0526. The zero-order valence-corrected chi connectivity index (χ0v) is 14.6. The Kier molecular flexibility index (Phi) is 4.52. The molecule has 0 fully saturated rings. The summed E-state index contributed by atoms with van der Waals surface area (Å²) < 4.78 is 18.6. The molecule has 0 bridgehead atoms. The van der Waals surface area contributed by atoms with Gasteiger partial charge in [0.2, 0.25) is 17.7 Å². The molecule has 0 spiro atoms. The predicted molar refractivity (Wildman–Crippen MR) is 98.8 cm³/mol. The molecule has 0 saturated carbocycles. The van der Waals surface area contributed by atoms with Gasteiger partial charge in [0.15, 0.2) is 0 Å². The molecule has 4 aromatic rings. The van der Waals surface area contributed by atoms with Crippen molar-refractivity contribution >= 4 is 34.1 Å². The van der Waals surface area contributed by atoms with E-state index in [0.717, 1.165) is 22.5 Å². The molecule has 0 radical (unpaired) electrons. The number of pyridine rings is 1. The van der Waals surface area contributed by atoms with Crippen molar-refractivity contribution in [3.8, 4) is 11.5 Å². The number of fused-ring (bicyclic) bond motifs is 1. The Balaban J connectivity index is 1.49. The van der Waals surface area contributed by atoms with E-state index < -0.39 is 11.7 Å². The lowest BCUT2D eigenvalue weighted by Crippen LogP contribution is -2.15. The summed E-state index contributed by atoms with van der Waals surface area (Å²) >= 11 is 5.90. The normalized spacial score (nSPS) is 10.9. The smallest absolute Gasteiger partial charge is 0.247 e.